The van der Waals surface area contributed by atoms with Crippen LogP contribution in [0.4, 0.5) is 4.79 Å². The van der Waals surface area contributed by atoms with Crippen molar-refractivity contribution in [3.63, 3.8) is 0 Å². The zero-order valence-electron chi connectivity index (χ0n) is 10.1. The lowest BCUT2D eigenvalue weighted by molar-refractivity contribution is -0.153. The van der Waals surface area contributed by atoms with Gasteiger partial charge in [-0.15, -0.1) is 0 Å². The molecule has 3 aliphatic rings. The molecular formula is C12H21NO2. The molecule has 3 saturated carbocycles. The number of carbonyl (C=O) groups excluding carboxylic acids is 1. The largest absolute Gasteiger partial charge is 0.444 e. The second kappa shape index (κ2) is 2.89. The summed E-state index contributed by atoms with van der Waals surface area (Å²) in [6.45, 7) is 7.91. The van der Waals surface area contributed by atoms with Crippen LogP contribution in [0.15, 0.2) is 0 Å². The first-order valence-electron chi connectivity index (χ1n) is 5.79. The van der Waals surface area contributed by atoms with E-state index in [0.29, 0.717) is 5.41 Å². The Balaban J connectivity index is 1.79. The van der Waals surface area contributed by atoms with Crippen molar-refractivity contribution in [3.8, 4) is 0 Å². The molecule has 3 aliphatic carbocycles. The Labute approximate surface area is 91.6 Å². The molecule has 0 aromatic rings. The second-order valence-corrected chi connectivity index (χ2v) is 6.29. The number of amides is 1. The van der Waals surface area contributed by atoms with Crippen LogP contribution in [0.3, 0.4) is 0 Å². The number of rotatable bonds is 2. The van der Waals surface area contributed by atoms with Crippen LogP contribution in [0.5, 0.6) is 0 Å². The highest BCUT2D eigenvalue weighted by Gasteiger charge is 2.67. The van der Waals surface area contributed by atoms with Gasteiger partial charge in [0.25, 0.3) is 0 Å². The second-order valence-electron chi connectivity index (χ2n) is 6.29. The summed E-state index contributed by atoms with van der Waals surface area (Å²) in [7, 11) is 0. The molecule has 86 valence electrons. The fraction of sp³-hybridized carbons (Fsp3) is 0.917. The summed E-state index contributed by atoms with van der Waals surface area (Å²) in [5.74, 6) is 0. The van der Waals surface area contributed by atoms with Gasteiger partial charge in [-0.1, -0.05) is 13.3 Å². The molecule has 0 unspecified atom stereocenters. The maximum Gasteiger partial charge on any atom is 0.408 e. The maximum absolute atomic E-state index is 11.6. The number of hydrogen-bond donors (Lipinski definition) is 1. The van der Waals surface area contributed by atoms with Crippen molar-refractivity contribution in [1.29, 1.82) is 0 Å². The molecule has 0 spiro atoms. The molecule has 0 aliphatic heterocycles. The van der Waals surface area contributed by atoms with Crippen molar-refractivity contribution >= 4 is 6.09 Å². The standard InChI is InChI=1S/C12H21NO2/c1-5-11-6-12(7-11,8-11)13-9(14)15-10(2,3)4/h5-8H2,1-4H3,(H,13,14). The Bertz CT molecular complexity index is 271. The SMILES string of the molecule is CCC12CC(NC(=O)OC(C)(C)C)(C1)C2. The molecular weight excluding hydrogens is 190 g/mol. The first-order valence-corrected chi connectivity index (χ1v) is 5.79. The Morgan fingerprint density at radius 1 is 1.33 bits per heavy atom. The van der Waals surface area contributed by atoms with Crippen LogP contribution < -0.4 is 5.32 Å². The molecule has 1 N–H and O–H groups in total. The minimum atomic E-state index is -0.393. The summed E-state index contributed by atoms with van der Waals surface area (Å²) >= 11 is 0. The number of alkyl carbamates (subject to hydrolysis) is 1. The Hall–Kier alpha value is -0.730. The zero-order valence-corrected chi connectivity index (χ0v) is 10.1. The highest BCUT2D eigenvalue weighted by molar-refractivity contribution is 5.69. The fourth-order valence-electron chi connectivity index (χ4n) is 3.03. The molecule has 2 bridgehead atoms. The highest BCUT2D eigenvalue weighted by atomic mass is 16.6. The Kier molecular flexibility index (Phi) is 2.08. The number of nitrogens with one attached hydrogen (secondary N) is 1. The van der Waals surface area contributed by atoms with Crippen molar-refractivity contribution in [2.45, 2.75) is 64.5 Å². The summed E-state index contributed by atoms with van der Waals surface area (Å²) in [4.78, 5) is 11.6. The Morgan fingerprint density at radius 3 is 2.27 bits per heavy atom. The summed E-state index contributed by atoms with van der Waals surface area (Å²) in [5.41, 5.74) is 0.267. The van der Waals surface area contributed by atoms with Gasteiger partial charge in [0.2, 0.25) is 0 Å². The van der Waals surface area contributed by atoms with Crippen LogP contribution in [0.25, 0.3) is 0 Å². The molecule has 0 aromatic carbocycles. The number of hydrogen-bond acceptors (Lipinski definition) is 2. The molecule has 3 heteroatoms. The van der Waals surface area contributed by atoms with E-state index in [9.17, 15) is 4.79 Å². The van der Waals surface area contributed by atoms with Gasteiger partial charge in [0.05, 0.1) is 0 Å². The average Bonchev–Trinajstić information content (AvgIpc) is 1.89. The quantitative estimate of drug-likeness (QED) is 0.762. The summed E-state index contributed by atoms with van der Waals surface area (Å²) in [5, 5.41) is 3.01. The molecule has 3 rings (SSSR count). The van der Waals surface area contributed by atoms with Gasteiger partial charge in [-0.25, -0.2) is 4.79 Å². The van der Waals surface area contributed by atoms with Crippen molar-refractivity contribution in [3.05, 3.63) is 0 Å². The van der Waals surface area contributed by atoms with Crippen LogP contribution in [0.1, 0.15) is 53.4 Å². The van der Waals surface area contributed by atoms with E-state index in [1.807, 2.05) is 20.8 Å². The molecule has 0 heterocycles. The van der Waals surface area contributed by atoms with Crippen LogP contribution in [0, 0.1) is 5.41 Å². The van der Waals surface area contributed by atoms with E-state index in [0.717, 1.165) is 19.3 Å². The topological polar surface area (TPSA) is 38.3 Å². The van der Waals surface area contributed by atoms with Crippen molar-refractivity contribution in [2.75, 3.05) is 0 Å². The lowest BCUT2D eigenvalue weighted by Crippen LogP contribution is -2.74. The molecule has 1 amide bonds. The molecule has 15 heavy (non-hydrogen) atoms. The minimum Gasteiger partial charge on any atom is -0.444 e. The molecule has 0 saturated heterocycles. The lowest BCUT2D eigenvalue weighted by Gasteiger charge is -2.70. The van der Waals surface area contributed by atoms with E-state index < -0.39 is 5.60 Å². The normalized spacial score (nSPS) is 37.6. The van der Waals surface area contributed by atoms with Gasteiger partial charge in [-0.2, -0.15) is 0 Å². The van der Waals surface area contributed by atoms with Crippen LogP contribution in [0.2, 0.25) is 0 Å². The van der Waals surface area contributed by atoms with E-state index in [4.69, 9.17) is 4.74 Å². The van der Waals surface area contributed by atoms with Gasteiger partial charge >= 0.3 is 6.09 Å². The van der Waals surface area contributed by atoms with Gasteiger partial charge in [-0.3, -0.25) is 0 Å². The van der Waals surface area contributed by atoms with E-state index in [2.05, 4.69) is 12.2 Å². The van der Waals surface area contributed by atoms with E-state index in [1.54, 1.807) is 0 Å². The number of carbonyl (C=O) groups is 1. The molecule has 0 aromatic heterocycles. The van der Waals surface area contributed by atoms with Gasteiger partial charge in [0, 0.05) is 5.54 Å². The van der Waals surface area contributed by atoms with Crippen molar-refractivity contribution < 1.29 is 9.53 Å². The van der Waals surface area contributed by atoms with Gasteiger partial charge in [0.1, 0.15) is 5.60 Å². The highest BCUT2D eigenvalue weighted by Crippen LogP contribution is 2.68. The third kappa shape index (κ3) is 1.84. The van der Waals surface area contributed by atoms with Crippen LogP contribution >= 0.6 is 0 Å². The third-order valence-electron chi connectivity index (χ3n) is 3.66. The smallest absolute Gasteiger partial charge is 0.408 e. The van der Waals surface area contributed by atoms with Crippen LogP contribution in [-0.2, 0) is 4.74 Å². The third-order valence-corrected chi connectivity index (χ3v) is 3.66. The first-order chi connectivity index (χ1) is 6.78. The van der Waals surface area contributed by atoms with Gasteiger partial charge < -0.3 is 10.1 Å². The summed E-state index contributed by atoms with van der Waals surface area (Å²) in [6, 6.07) is 0. The first kappa shape index (κ1) is 10.8. The van der Waals surface area contributed by atoms with E-state index in [1.165, 1.54) is 6.42 Å². The number of ether oxygens (including phenoxy) is 1. The lowest BCUT2D eigenvalue weighted by atomic mass is 9.38. The van der Waals surface area contributed by atoms with Gasteiger partial charge in [-0.05, 0) is 45.4 Å². The van der Waals surface area contributed by atoms with Gasteiger partial charge in [0.15, 0.2) is 0 Å². The summed E-state index contributed by atoms with van der Waals surface area (Å²) in [6.07, 6.45) is 4.43. The molecule has 3 nitrogen and oxygen atoms in total. The maximum atomic E-state index is 11.6. The summed E-state index contributed by atoms with van der Waals surface area (Å²) < 4.78 is 5.25. The molecule has 0 atom stereocenters. The molecule has 0 radical (unpaired) electrons. The molecule has 3 fully saturated rings. The van der Waals surface area contributed by atoms with Crippen molar-refractivity contribution in [2.24, 2.45) is 5.41 Å². The van der Waals surface area contributed by atoms with E-state index >= 15 is 0 Å². The fourth-order valence-corrected chi connectivity index (χ4v) is 3.03. The average molecular weight is 211 g/mol. The monoisotopic (exact) mass is 211 g/mol. The Morgan fingerprint density at radius 2 is 1.87 bits per heavy atom. The predicted octanol–water partition coefficient (Wildman–Crippen LogP) is 2.84. The zero-order chi connectivity index (χ0) is 11.3. The minimum absolute atomic E-state index is 0.0956. The van der Waals surface area contributed by atoms with Crippen molar-refractivity contribution in [1.82, 2.24) is 5.32 Å². The predicted molar refractivity (Wildman–Crippen MR) is 58.7 cm³/mol. The van der Waals surface area contributed by atoms with E-state index in [-0.39, 0.29) is 11.6 Å². The van der Waals surface area contributed by atoms with Crippen LogP contribution in [-0.4, -0.2) is 17.2 Å².